The number of nitrogens with one attached hydrogen (secondary N) is 2. The molecule has 0 amide bonds. The summed E-state index contributed by atoms with van der Waals surface area (Å²) in [7, 11) is 0. The SMILES string of the molecule is Cc1[nH]n(-c2ccccc2)c(=O)c1C=NNc1ncnc2sc3c(c12)CCCC3. The lowest BCUT2D eigenvalue weighted by molar-refractivity contribution is 0.700. The van der Waals surface area contributed by atoms with Crippen LogP contribution < -0.4 is 11.0 Å². The molecule has 8 heteroatoms. The summed E-state index contributed by atoms with van der Waals surface area (Å²) in [5, 5.41) is 8.50. The largest absolute Gasteiger partial charge is 0.295 e. The molecule has 3 heterocycles. The van der Waals surface area contributed by atoms with Crippen LogP contribution in [0.5, 0.6) is 0 Å². The number of fused-ring (bicyclic) bond motifs is 3. The van der Waals surface area contributed by atoms with Crippen LogP contribution in [0.2, 0.25) is 0 Å². The summed E-state index contributed by atoms with van der Waals surface area (Å²) >= 11 is 1.75. The van der Waals surface area contributed by atoms with Crippen LogP contribution in [0, 0.1) is 6.92 Å². The molecular weight excluding hydrogens is 384 g/mol. The van der Waals surface area contributed by atoms with Crippen LogP contribution in [0.15, 0.2) is 46.6 Å². The number of aryl methyl sites for hydroxylation is 3. The zero-order valence-electron chi connectivity index (χ0n) is 16.0. The van der Waals surface area contributed by atoms with E-state index in [0.29, 0.717) is 11.4 Å². The summed E-state index contributed by atoms with van der Waals surface area (Å²) < 4.78 is 1.52. The van der Waals surface area contributed by atoms with Gasteiger partial charge in [-0.3, -0.25) is 15.3 Å². The third kappa shape index (κ3) is 3.15. The molecule has 1 aliphatic carbocycles. The van der Waals surface area contributed by atoms with Gasteiger partial charge in [0, 0.05) is 10.6 Å². The first-order chi connectivity index (χ1) is 14.2. The molecule has 7 nitrogen and oxygen atoms in total. The maximum Gasteiger partial charge on any atom is 0.280 e. The first kappa shape index (κ1) is 17.8. The zero-order valence-corrected chi connectivity index (χ0v) is 16.8. The minimum absolute atomic E-state index is 0.139. The van der Waals surface area contributed by atoms with Crippen molar-refractivity contribution in [2.75, 3.05) is 5.43 Å². The minimum atomic E-state index is -0.139. The molecule has 1 aromatic carbocycles. The van der Waals surface area contributed by atoms with Crippen LogP contribution in [-0.4, -0.2) is 26.0 Å². The number of benzene rings is 1. The Hall–Kier alpha value is -3.26. The van der Waals surface area contributed by atoms with Gasteiger partial charge in [0.15, 0.2) is 5.82 Å². The number of anilines is 1. The summed E-state index contributed by atoms with van der Waals surface area (Å²) in [6.45, 7) is 1.86. The minimum Gasteiger partial charge on any atom is -0.295 e. The molecule has 0 radical (unpaired) electrons. The maximum absolute atomic E-state index is 12.8. The molecule has 29 heavy (non-hydrogen) atoms. The van der Waals surface area contributed by atoms with Gasteiger partial charge < -0.3 is 0 Å². The lowest BCUT2D eigenvalue weighted by Gasteiger charge is -2.11. The molecule has 1 aliphatic rings. The molecule has 0 atom stereocenters. The molecule has 0 saturated carbocycles. The molecule has 0 spiro atoms. The topological polar surface area (TPSA) is 88.0 Å². The van der Waals surface area contributed by atoms with Gasteiger partial charge in [0.1, 0.15) is 11.2 Å². The third-order valence-electron chi connectivity index (χ3n) is 5.25. The Kier molecular flexibility index (Phi) is 4.48. The molecule has 0 fully saturated rings. The Morgan fingerprint density at radius 1 is 1.21 bits per heavy atom. The molecule has 0 saturated heterocycles. The monoisotopic (exact) mass is 404 g/mol. The number of hydrazone groups is 1. The number of aromatic nitrogens is 4. The second kappa shape index (κ2) is 7.29. The average Bonchev–Trinajstić information content (AvgIpc) is 3.27. The number of nitrogens with zero attached hydrogens (tertiary/aromatic N) is 4. The number of H-pyrrole nitrogens is 1. The van der Waals surface area contributed by atoms with Gasteiger partial charge in [0.05, 0.1) is 22.9 Å². The van der Waals surface area contributed by atoms with E-state index in [0.717, 1.165) is 34.4 Å². The van der Waals surface area contributed by atoms with Crippen LogP contribution in [0.25, 0.3) is 15.9 Å². The van der Waals surface area contributed by atoms with Crippen molar-refractivity contribution in [3.8, 4) is 5.69 Å². The molecule has 146 valence electrons. The van der Waals surface area contributed by atoms with Crippen molar-refractivity contribution in [2.45, 2.75) is 32.6 Å². The fourth-order valence-electron chi connectivity index (χ4n) is 3.80. The van der Waals surface area contributed by atoms with Crippen LogP contribution in [0.1, 0.15) is 34.5 Å². The van der Waals surface area contributed by atoms with E-state index in [1.54, 1.807) is 23.9 Å². The third-order valence-corrected chi connectivity index (χ3v) is 6.45. The molecule has 0 bridgehead atoms. The lowest BCUT2D eigenvalue weighted by Crippen LogP contribution is -2.17. The van der Waals surface area contributed by atoms with Gasteiger partial charge in [-0.2, -0.15) is 5.10 Å². The Morgan fingerprint density at radius 3 is 2.90 bits per heavy atom. The Morgan fingerprint density at radius 2 is 2.03 bits per heavy atom. The van der Waals surface area contributed by atoms with Crippen LogP contribution in [0.3, 0.4) is 0 Å². The van der Waals surface area contributed by atoms with Crippen LogP contribution in [0.4, 0.5) is 5.82 Å². The van der Waals surface area contributed by atoms with Crippen molar-refractivity contribution in [1.29, 1.82) is 0 Å². The van der Waals surface area contributed by atoms with E-state index in [9.17, 15) is 4.79 Å². The van der Waals surface area contributed by atoms with Gasteiger partial charge in [0.25, 0.3) is 5.56 Å². The van der Waals surface area contributed by atoms with Crippen molar-refractivity contribution < 1.29 is 0 Å². The van der Waals surface area contributed by atoms with Gasteiger partial charge in [-0.25, -0.2) is 14.6 Å². The van der Waals surface area contributed by atoms with Gasteiger partial charge in [-0.05, 0) is 50.3 Å². The lowest BCUT2D eigenvalue weighted by atomic mass is 9.97. The van der Waals surface area contributed by atoms with Gasteiger partial charge >= 0.3 is 0 Å². The molecular formula is C21H20N6OS. The van der Waals surface area contributed by atoms with Crippen LogP contribution in [-0.2, 0) is 12.8 Å². The summed E-state index contributed by atoms with van der Waals surface area (Å²) in [4.78, 5) is 24.0. The number of hydrogen-bond acceptors (Lipinski definition) is 6. The quantitative estimate of drug-likeness (QED) is 0.400. The average molecular weight is 404 g/mol. The predicted molar refractivity (Wildman–Crippen MR) is 116 cm³/mol. The van der Waals surface area contributed by atoms with E-state index in [4.69, 9.17) is 0 Å². The summed E-state index contributed by atoms with van der Waals surface area (Å²) in [6.07, 6.45) is 7.71. The highest BCUT2D eigenvalue weighted by atomic mass is 32.1. The normalized spacial score (nSPS) is 13.8. The van der Waals surface area contributed by atoms with Crippen molar-refractivity contribution in [3.05, 3.63) is 68.7 Å². The summed E-state index contributed by atoms with van der Waals surface area (Å²) in [5.41, 5.74) is 6.30. The van der Waals surface area contributed by atoms with E-state index in [-0.39, 0.29) is 5.56 Å². The Labute approximate surface area is 171 Å². The van der Waals surface area contributed by atoms with Crippen molar-refractivity contribution in [3.63, 3.8) is 0 Å². The molecule has 2 N–H and O–H groups in total. The van der Waals surface area contributed by atoms with Crippen molar-refractivity contribution >= 4 is 33.6 Å². The number of thiophene rings is 1. The number of rotatable bonds is 4. The first-order valence-corrected chi connectivity index (χ1v) is 10.5. The molecule has 3 aromatic heterocycles. The zero-order chi connectivity index (χ0) is 19.8. The van der Waals surface area contributed by atoms with E-state index in [2.05, 4.69) is 25.6 Å². The number of aromatic amines is 1. The van der Waals surface area contributed by atoms with Gasteiger partial charge in [-0.15, -0.1) is 11.3 Å². The number of hydrogen-bond donors (Lipinski definition) is 2. The fraction of sp³-hybridized carbons (Fsp3) is 0.238. The smallest absolute Gasteiger partial charge is 0.280 e. The van der Waals surface area contributed by atoms with E-state index >= 15 is 0 Å². The number of para-hydroxylation sites is 1. The maximum atomic E-state index is 12.8. The van der Waals surface area contributed by atoms with Gasteiger partial charge in [0.2, 0.25) is 0 Å². The standard InChI is InChI=1S/C21H20N6OS/c1-13-16(21(28)27(26-13)14-7-3-2-4-8-14)11-24-25-19-18-15-9-5-6-10-17(15)29-20(18)23-12-22-19/h2-4,7-8,11-12,26H,5-6,9-10H2,1H3,(H,22,23,25). The Bertz CT molecular complexity index is 1270. The first-order valence-electron chi connectivity index (χ1n) is 9.64. The highest BCUT2D eigenvalue weighted by molar-refractivity contribution is 7.19. The molecule has 0 aliphatic heterocycles. The summed E-state index contributed by atoms with van der Waals surface area (Å²) in [6, 6.07) is 9.48. The molecule has 5 rings (SSSR count). The van der Waals surface area contributed by atoms with E-state index < -0.39 is 0 Å². The van der Waals surface area contributed by atoms with Gasteiger partial charge in [-0.1, -0.05) is 18.2 Å². The van der Waals surface area contributed by atoms with Crippen molar-refractivity contribution in [2.24, 2.45) is 5.10 Å². The second-order valence-corrected chi connectivity index (χ2v) is 8.19. The highest BCUT2D eigenvalue weighted by Gasteiger charge is 2.19. The fourth-order valence-corrected chi connectivity index (χ4v) is 5.03. The highest BCUT2D eigenvalue weighted by Crippen LogP contribution is 2.38. The van der Waals surface area contributed by atoms with Crippen molar-refractivity contribution in [1.82, 2.24) is 19.7 Å². The Balaban J connectivity index is 1.46. The van der Waals surface area contributed by atoms with E-state index in [1.165, 1.54) is 28.0 Å². The van der Waals surface area contributed by atoms with E-state index in [1.807, 2.05) is 37.3 Å². The molecule has 0 unspecified atom stereocenters. The predicted octanol–water partition coefficient (Wildman–Crippen LogP) is 3.80. The molecule has 4 aromatic rings. The van der Waals surface area contributed by atoms with Crippen LogP contribution >= 0.6 is 11.3 Å². The second-order valence-electron chi connectivity index (χ2n) is 7.11. The summed E-state index contributed by atoms with van der Waals surface area (Å²) in [5.74, 6) is 0.697.